The van der Waals surface area contributed by atoms with Crippen molar-refractivity contribution in [3.63, 3.8) is 0 Å². The number of ether oxygens (including phenoxy) is 8. The summed E-state index contributed by atoms with van der Waals surface area (Å²) in [5.41, 5.74) is 1.45. The SMILES string of the molecule is COc1ccc(C(OC[C@H](CNC(=O)CCCCCCCCCCCOC2OC(COC(C)=O)C(OC(C)=O)C(OC(C)=O)C2NC(C)=O)OP(OCCC#N)N(C(C)C)C(C)C)(c2ccccc2)c2ccc(OC)cc2)cc1. The lowest BCUT2D eigenvalue weighted by molar-refractivity contribution is -0.277. The van der Waals surface area contributed by atoms with Crippen LogP contribution < -0.4 is 20.1 Å². The highest BCUT2D eigenvalue weighted by Crippen LogP contribution is 2.48. The van der Waals surface area contributed by atoms with Crippen LogP contribution in [0.5, 0.6) is 11.5 Å². The average Bonchev–Trinajstić information content (AvgIpc) is 3.60. The Morgan fingerprint density at radius 3 is 1.73 bits per heavy atom. The summed E-state index contributed by atoms with van der Waals surface area (Å²) in [5.74, 6) is -1.07. The van der Waals surface area contributed by atoms with E-state index in [1.807, 2.05) is 78.9 Å². The molecule has 1 fully saturated rings. The molecule has 1 saturated heterocycles. The summed E-state index contributed by atoms with van der Waals surface area (Å²) in [6.45, 7) is 13.6. The van der Waals surface area contributed by atoms with E-state index in [2.05, 4.69) is 49.1 Å². The fourth-order valence-electron chi connectivity index (χ4n) is 9.41. The van der Waals surface area contributed by atoms with Crippen molar-refractivity contribution in [3.05, 3.63) is 95.6 Å². The lowest BCUT2D eigenvalue weighted by Crippen LogP contribution is -2.66. The van der Waals surface area contributed by atoms with Crippen molar-refractivity contribution in [2.24, 2.45) is 0 Å². The first kappa shape index (κ1) is 65.8. The number of hydrogen-bond donors (Lipinski definition) is 2. The van der Waals surface area contributed by atoms with Gasteiger partial charge in [0.1, 0.15) is 42.0 Å². The predicted octanol–water partition coefficient (Wildman–Crippen LogP) is 9.36. The summed E-state index contributed by atoms with van der Waals surface area (Å²) in [7, 11) is 1.56. The molecule has 1 aliphatic heterocycles. The number of amides is 2. The molecule has 3 aromatic rings. The van der Waals surface area contributed by atoms with Crippen LogP contribution in [-0.4, -0.2) is 130 Å². The van der Waals surface area contributed by atoms with Gasteiger partial charge in [-0.1, -0.05) is 99.5 Å². The molecular formula is C59H85N4O15P. The molecule has 3 aromatic carbocycles. The maximum Gasteiger partial charge on any atom is 0.303 e. The van der Waals surface area contributed by atoms with E-state index in [0.717, 1.165) is 68.1 Å². The fraction of sp³-hybridized carbons (Fsp3) is 0.593. The second kappa shape index (κ2) is 35.1. The number of hydrogen-bond acceptors (Lipinski definition) is 17. The first-order chi connectivity index (χ1) is 37.9. The number of nitriles is 1. The molecular weight excluding hydrogens is 1040 g/mol. The molecule has 436 valence electrons. The van der Waals surface area contributed by atoms with Crippen molar-refractivity contribution >= 4 is 38.2 Å². The molecule has 1 aliphatic rings. The summed E-state index contributed by atoms with van der Waals surface area (Å²) < 4.78 is 62.2. The number of methoxy groups -OCH3 is 2. The Morgan fingerprint density at radius 1 is 0.696 bits per heavy atom. The molecule has 19 nitrogen and oxygen atoms in total. The van der Waals surface area contributed by atoms with Gasteiger partial charge in [-0.2, -0.15) is 5.26 Å². The molecule has 7 atom stereocenters. The minimum atomic E-state index is -1.70. The third kappa shape index (κ3) is 21.7. The summed E-state index contributed by atoms with van der Waals surface area (Å²) in [5, 5.41) is 15.3. The standard InChI is InChI=1S/C59H85N4O15P/c1-41(2)63(42(3)4)79(74-37-23-35-60)78-52(39-73-59(47-24-19-18-20-25-47,48-27-31-50(69-9)32-28-48)49-29-33-51(70-10)34-30-49)38-61-54(68)26-21-16-14-12-11-13-15-17-22-36-71-58-55(62-43(5)64)57(76-46(8)67)56(75-45(7)66)53(77-58)40-72-44(6)65/h18-20,24-25,27-34,41-42,52-53,55-58H,11-17,21-23,26,36-40H2,1-10H3,(H,61,68)(H,62,64)/t52-,53?,55?,56?,57?,58?,79?/m0/s1. The van der Waals surface area contributed by atoms with Crippen LogP contribution in [0.4, 0.5) is 0 Å². The van der Waals surface area contributed by atoms with E-state index in [9.17, 15) is 29.2 Å². The lowest BCUT2D eigenvalue weighted by atomic mass is 9.80. The van der Waals surface area contributed by atoms with Crippen LogP contribution in [0.1, 0.15) is 143 Å². The third-order valence-electron chi connectivity index (χ3n) is 13.0. The molecule has 0 aliphatic carbocycles. The molecule has 0 aromatic heterocycles. The van der Waals surface area contributed by atoms with Gasteiger partial charge < -0.3 is 57.6 Å². The Labute approximate surface area is 468 Å². The smallest absolute Gasteiger partial charge is 0.303 e. The van der Waals surface area contributed by atoms with Gasteiger partial charge in [-0.15, -0.1) is 0 Å². The van der Waals surface area contributed by atoms with E-state index in [0.29, 0.717) is 24.3 Å². The maximum absolute atomic E-state index is 13.6. The number of nitrogens with zero attached hydrogens (tertiary/aromatic N) is 2. The Morgan fingerprint density at radius 2 is 1.23 bits per heavy atom. The van der Waals surface area contributed by atoms with Gasteiger partial charge in [0.05, 0.1) is 39.9 Å². The number of nitrogens with one attached hydrogen (secondary N) is 2. The van der Waals surface area contributed by atoms with Gasteiger partial charge in [0.2, 0.25) is 11.8 Å². The van der Waals surface area contributed by atoms with Gasteiger partial charge in [0, 0.05) is 59.4 Å². The van der Waals surface area contributed by atoms with Gasteiger partial charge in [-0.3, -0.25) is 24.0 Å². The van der Waals surface area contributed by atoms with E-state index in [1.54, 1.807) is 14.2 Å². The van der Waals surface area contributed by atoms with Gasteiger partial charge >= 0.3 is 17.9 Å². The average molecular weight is 1120 g/mol. The minimum absolute atomic E-state index is 0.0486. The Balaban J connectivity index is 1.35. The van der Waals surface area contributed by atoms with Crippen LogP contribution >= 0.6 is 8.53 Å². The van der Waals surface area contributed by atoms with E-state index in [-0.39, 0.29) is 57.4 Å². The monoisotopic (exact) mass is 1120 g/mol. The molecule has 2 amide bonds. The molecule has 4 rings (SSSR count). The van der Waals surface area contributed by atoms with E-state index >= 15 is 0 Å². The van der Waals surface area contributed by atoms with E-state index < -0.39 is 74.7 Å². The van der Waals surface area contributed by atoms with Crippen LogP contribution in [0.3, 0.4) is 0 Å². The van der Waals surface area contributed by atoms with Crippen molar-refractivity contribution < 1.29 is 70.9 Å². The zero-order chi connectivity index (χ0) is 57.7. The summed E-state index contributed by atoms with van der Waals surface area (Å²) in [6, 6.07) is 26.8. The molecule has 0 radical (unpaired) electrons. The highest BCUT2D eigenvalue weighted by Gasteiger charge is 2.51. The van der Waals surface area contributed by atoms with Crippen LogP contribution in [0.2, 0.25) is 0 Å². The van der Waals surface area contributed by atoms with Crippen molar-refractivity contribution in [2.45, 2.75) is 180 Å². The zero-order valence-corrected chi connectivity index (χ0v) is 48.8. The third-order valence-corrected chi connectivity index (χ3v) is 15.2. The normalized spacial score (nSPS) is 18.1. The summed E-state index contributed by atoms with van der Waals surface area (Å²) in [6.07, 6.45) is 3.57. The largest absolute Gasteiger partial charge is 0.497 e. The van der Waals surface area contributed by atoms with Crippen LogP contribution in [0.15, 0.2) is 78.9 Å². The van der Waals surface area contributed by atoms with Crippen molar-refractivity contribution in [1.29, 1.82) is 5.26 Å². The molecule has 1 heterocycles. The summed E-state index contributed by atoms with van der Waals surface area (Å²) in [4.78, 5) is 61.7. The quantitative estimate of drug-likeness (QED) is 0.0182. The Hall–Kier alpha value is -5.71. The molecule has 0 bridgehead atoms. The van der Waals surface area contributed by atoms with Gasteiger partial charge in [0.15, 0.2) is 18.5 Å². The van der Waals surface area contributed by atoms with Crippen molar-refractivity contribution in [2.75, 3.05) is 47.2 Å². The van der Waals surface area contributed by atoms with Gasteiger partial charge in [0.25, 0.3) is 8.53 Å². The van der Waals surface area contributed by atoms with Gasteiger partial charge in [-0.05, 0) is 81.5 Å². The Kier molecular flexibility index (Phi) is 29.2. The molecule has 0 spiro atoms. The minimum Gasteiger partial charge on any atom is -0.497 e. The zero-order valence-electron chi connectivity index (χ0n) is 47.9. The number of esters is 3. The fourth-order valence-corrected chi connectivity index (χ4v) is 11.1. The molecule has 2 N–H and O–H groups in total. The summed E-state index contributed by atoms with van der Waals surface area (Å²) >= 11 is 0. The molecule has 79 heavy (non-hydrogen) atoms. The first-order valence-electron chi connectivity index (χ1n) is 27.5. The predicted molar refractivity (Wildman–Crippen MR) is 297 cm³/mol. The number of carbonyl (C=O) groups is 5. The van der Waals surface area contributed by atoms with Gasteiger partial charge in [-0.25, -0.2) is 4.67 Å². The topological polar surface area (TPSA) is 229 Å². The van der Waals surface area contributed by atoms with Crippen LogP contribution in [0.25, 0.3) is 0 Å². The van der Waals surface area contributed by atoms with Crippen LogP contribution in [-0.2, 0) is 67.0 Å². The highest BCUT2D eigenvalue weighted by molar-refractivity contribution is 7.44. The second-order valence-corrected chi connectivity index (χ2v) is 21.3. The maximum atomic E-state index is 13.6. The number of rotatable bonds is 36. The van der Waals surface area contributed by atoms with Crippen molar-refractivity contribution in [1.82, 2.24) is 15.3 Å². The number of benzene rings is 3. The lowest BCUT2D eigenvalue weighted by Gasteiger charge is -2.44. The van der Waals surface area contributed by atoms with Crippen molar-refractivity contribution in [3.8, 4) is 17.6 Å². The highest BCUT2D eigenvalue weighted by atomic mass is 31.2. The molecule has 20 heteroatoms. The first-order valence-corrected chi connectivity index (χ1v) is 28.6. The second-order valence-electron chi connectivity index (χ2n) is 19.9. The number of carbonyl (C=O) groups excluding carboxylic acids is 5. The van der Waals surface area contributed by atoms with E-state index in [1.165, 1.54) is 27.7 Å². The van der Waals surface area contributed by atoms with E-state index in [4.69, 9.17) is 46.9 Å². The molecule has 0 saturated carbocycles. The number of unbranched alkanes of at least 4 members (excludes halogenated alkanes) is 8. The Bertz CT molecular complexity index is 2280. The van der Waals surface area contributed by atoms with Crippen LogP contribution in [0, 0.1) is 11.3 Å². The molecule has 6 unspecified atom stereocenters.